The van der Waals surface area contributed by atoms with Gasteiger partial charge in [0.15, 0.2) is 16.7 Å². The summed E-state index contributed by atoms with van der Waals surface area (Å²) in [7, 11) is 0. The summed E-state index contributed by atoms with van der Waals surface area (Å²) in [5, 5.41) is 11.0. The molecular weight excluding hydrogens is 467 g/mol. The minimum absolute atomic E-state index is 0.0316. The van der Waals surface area contributed by atoms with Crippen LogP contribution in [-0.4, -0.2) is 20.7 Å². The van der Waals surface area contributed by atoms with E-state index in [0.29, 0.717) is 37.2 Å². The van der Waals surface area contributed by atoms with Crippen LogP contribution in [0.1, 0.15) is 22.8 Å². The predicted octanol–water partition coefficient (Wildman–Crippen LogP) is 5.50. The van der Waals surface area contributed by atoms with E-state index in [2.05, 4.69) is 31.7 Å². The van der Waals surface area contributed by atoms with Gasteiger partial charge in [-0.2, -0.15) is 5.10 Å². The molecule has 3 aromatic rings. The van der Waals surface area contributed by atoms with Gasteiger partial charge in [0.25, 0.3) is 0 Å². The van der Waals surface area contributed by atoms with Crippen molar-refractivity contribution in [2.24, 2.45) is 0 Å². The molecule has 28 heavy (non-hydrogen) atoms. The lowest BCUT2D eigenvalue weighted by Gasteiger charge is -2.10. The summed E-state index contributed by atoms with van der Waals surface area (Å²) in [6.07, 6.45) is 1.70. The number of nitrogens with one attached hydrogen (secondary N) is 2. The fourth-order valence-corrected chi connectivity index (χ4v) is 3.35. The van der Waals surface area contributed by atoms with Crippen molar-refractivity contribution in [2.75, 3.05) is 10.6 Å². The van der Waals surface area contributed by atoms with Crippen LogP contribution >= 0.6 is 39.7 Å². The fourth-order valence-electron chi connectivity index (χ4n) is 2.49. The molecule has 0 bridgehead atoms. The minimum Gasteiger partial charge on any atom is -0.332 e. The van der Waals surface area contributed by atoms with Gasteiger partial charge >= 0.3 is 0 Å². The zero-order chi connectivity index (χ0) is 20.3. The van der Waals surface area contributed by atoms with Crippen LogP contribution in [-0.2, 0) is 6.54 Å². The molecule has 2 N–H and O–H groups in total. The Balaban J connectivity index is 1.70. The molecule has 2 aromatic carbocycles. The van der Waals surface area contributed by atoms with Gasteiger partial charge in [-0.3, -0.25) is 9.48 Å². The Morgan fingerprint density at radius 2 is 2.04 bits per heavy atom. The van der Waals surface area contributed by atoms with Crippen molar-refractivity contribution in [3.8, 4) is 0 Å². The number of anilines is 2. The molecule has 0 unspecified atom stereocenters. The Hall–Kier alpha value is -2.29. The number of ketones is 1. The first kappa shape index (κ1) is 20.4. The summed E-state index contributed by atoms with van der Waals surface area (Å²) in [5.41, 5.74) is 1.62. The molecule has 0 saturated heterocycles. The van der Waals surface area contributed by atoms with Crippen molar-refractivity contribution in [2.45, 2.75) is 13.5 Å². The lowest BCUT2D eigenvalue weighted by atomic mass is 10.1. The molecule has 0 aliphatic carbocycles. The third kappa shape index (κ3) is 4.95. The number of carbonyl (C=O) groups is 1. The van der Waals surface area contributed by atoms with Crippen molar-refractivity contribution in [1.29, 1.82) is 0 Å². The van der Waals surface area contributed by atoms with Crippen molar-refractivity contribution in [3.63, 3.8) is 0 Å². The zero-order valence-corrected chi connectivity index (χ0v) is 17.8. The molecule has 0 atom stereocenters. The molecular formula is C19H15BrClFN4OS. The summed E-state index contributed by atoms with van der Waals surface area (Å²) in [5.74, 6) is 0.0414. The number of aromatic nitrogens is 2. The van der Waals surface area contributed by atoms with Crippen LogP contribution in [0.4, 0.5) is 15.9 Å². The number of hydrogen-bond acceptors (Lipinski definition) is 3. The summed E-state index contributed by atoms with van der Waals surface area (Å²) in [4.78, 5) is 11.5. The molecule has 1 aromatic heterocycles. The van der Waals surface area contributed by atoms with Gasteiger partial charge in [0.1, 0.15) is 5.82 Å². The average Bonchev–Trinajstić information content (AvgIpc) is 2.97. The molecule has 3 rings (SSSR count). The maximum Gasteiger partial charge on any atom is 0.176 e. The summed E-state index contributed by atoms with van der Waals surface area (Å²) < 4.78 is 16.2. The van der Waals surface area contributed by atoms with E-state index in [1.807, 2.05) is 0 Å². The van der Waals surface area contributed by atoms with Crippen molar-refractivity contribution < 1.29 is 9.18 Å². The number of nitrogens with zero attached hydrogens (tertiary/aromatic N) is 2. The molecule has 5 nitrogen and oxygen atoms in total. The molecule has 0 amide bonds. The third-order valence-corrected chi connectivity index (χ3v) is 5.00. The smallest absolute Gasteiger partial charge is 0.176 e. The van der Waals surface area contributed by atoms with Crippen LogP contribution < -0.4 is 10.6 Å². The Bertz CT molecular complexity index is 1040. The van der Waals surface area contributed by atoms with Crippen LogP contribution in [0.3, 0.4) is 0 Å². The van der Waals surface area contributed by atoms with Gasteiger partial charge in [-0.1, -0.05) is 29.8 Å². The minimum atomic E-state index is -0.392. The summed E-state index contributed by atoms with van der Waals surface area (Å²) in [6.45, 7) is 1.67. The molecule has 9 heteroatoms. The SMILES string of the molecule is CC(=O)c1cccc(NC(=S)Nc2nn(Cc3c(F)cccc3Cl)cc2Br)c1. The highest BCUT2D eigenvalue weighted by atomic mass is 79.9. The summed E-state index contributed by atoms with van der Waals surface area (Å²) in [6, 6.07) is 11.6. The van der Waals surface area contributed by atoms with Crippen molar-refractivity contribution >= 4 is 62.1 Å². The average molecular weight is 482 g/mol. The molecule has 0 aliphatic heterocycles. The van der Waals surface area contributed by atoms with E-state index in [4.69, 9.17) is 23.8 Å². The van der Waals surface area contributed by atoms with Gasteiger partial charge in [-0.05, 0) is 59.3 Å². The normalized spacial score (nSPS) is 10.6. The van der Waals surface area contributed by atoms with E-state index in [-0.39, 0.29) is 12.3 Å². The lowest BCUT2D eigenvalue weighted by Crippen LogP contribution is -2.20. The second kappa shape index (κ2) is 8.81. The number of halogens is 3. The van der Waals surface area contributed by atoms with Gasteiger partial charge in [-0.25, -0.2) is 4.39 Å². The van der Waals surface area contributed by atoms with E-state index < -0.39 is 5.82 Å². The van der Waals surface area contributed by atoms with Crippen LogP contribution in [0.2, 0.25) is 5.02 Å². The molecule has 0 fully saturated rings. The number of benzene rings is 2. The quantitative estimate of drug-likeness (QED) is 0.372. The molecule has 144 valence electrons. The van der Waals surface area contributed by atoms with Crippen molar-refractivity contribution in [1.82, 2.24) is 9.78 Å². The monoisotopic (exact) mass is 480 g/mol. The Kier molecular flexibility index (Phi) is 6.43. The molecule has 1 heterocycles. The van der Waals surface area contributed by atoms with Crippen LogP contribution in [0, 0.1) is 5.82 Å². The Morgan fingerprint density at radius 1 is 1.29 bits per heavy atom. The van der Waals surface area contributed by atoms with E-state index in [9.17, 15) is 9.18 Å². The highest BCUT2D eigenvalue weighted by molar-refractivity contribution is 9.10. The van der Waals surface area contributed by atoms with Crippen LogP contribution in [0.25, 0.3) is 0 Å². The van der Waals surface area contributed by atoms with E-state index in [1.165, 1.54) is 13.0 Å². The molecule has 0 spiro atoms. The first-order valence-corrected chi connectivity index (χ1v) is 9.76. The number of hydrogen-bond donors (Lipinski definition) is 2. The first-order chi connectivity index (χ1) is 13.3. The molecule has 0 aliphatic rings. The van der Waals surface area contributed by atoms with Gasteiger partial charge < -0.3 is 10.6 Å². The highest BCUT2D eigenvalue weighted by Crippen LogP contribution is 2.24. The number of rotatable bonds is 5. The van der Waals surface area contributed by atoms with Gasteiger partial charge in [0, 0.05) is 28.0 Å². The fraction of sp³-hybridized carbons (Fsp3) is 0.105. The largest absolute Gasteiger partial charge is 0.332 e. The maximum atomic E-state index is 14.0. The highest BCUT2D eigenvalue weighted by Gasteiger charge is 2.12. The van der Waals surface area contributed by atoms with Crippen LogP contribution in [0.5, 0.6) is 0 Å². The topological polar surface area (TPSA) is 59.0 Å². The van der Waals surface area contributed by atoms with Crippen molar-refractivity contribution in [3.05, 3.63) is 75.1 Å². The van der Waals surface area contributed by atoms with Gasteiger partial charge in [-0.15, -0.1) is 0 Å². The second-order valence-corrected chi connectivity index (χ2v) is 7.61. The first-order valence-electron chi connectivity index (χ1n) is 8.18. The van der Waals surface area contributed by atoms with Crippen LogP contribution in [0.15, 0.2) is 53.1 Å². The number of carbonyl (C=O) groups excluding carboxylic acids is 1. The maximum absolute atomic E-state index is 14.0. The summed E-state index contributed by atoms with van der Waals surface area (Å²) >= 11 is 14.8. The van der Waals surface area contributed by atoms with Gasteiger partial charge in [0.05, 0.1) is 11.0 Å². The van der Waals surface area contributed by atoms with Gasteiger partial charge in [0.2, 0.25) is 0 Å². The molecule has 0 radical (unpaired) electrons. The predicted molar refractivity (Wildman–Crippen MR) is 117 cm³/mol. The number of thiocarbonyl (C=S) groups is 1. The zero-order valence-electron chi connectivity index (χ0n) is 14.7. The van der Waals surface area contributed by atoms with E-state index >= 15 is 0 Å². The lowest BCUT2D eigenvalue weighted by molar-refractivity contribution is 0.101. The Morgan fingerprint density at radius 3 is 2.75 bits per heavy atom. The van der Waals surface area contributed by atoms with E-state index in [0.717, 1.165) is 0 Å². The Labute approximate surface area is 180 Å². The third-order valence-electron chi connectivity index (χ3n) is 3.86. The standard InChI is InChI=1S/C19H15BrClFN4OS/c1-11(27)12-4-2-5-13(8-12)23-19(28)24-18-15(20)10-26(25-18)9-14-16(21)6-3-7-17(14)22/h2-8,10H,9H2,1H3,(H2,23,24,25,28). The number of Topliss-reactive ketones (excluding diaryl/α,β-unsaturated/α-hetero) is 1. The van der Waals surface area contributed by atoms with E-state index in [1.54, 1.807) is 47.3 Å². The molecule has 0 saturated carbocycles. The second-order valence-electron chi connectivity index (χ2n) is 5.94.